The molecule has 0 saturated heterocycles. The topological polar surface area (TPSA) is 72.6 Å². The van der Waals surface area contributed by atoms with Crippen molar-refractivity contribution in [3.05, 3.63) is 35.1 Å². The van der Waals surface area contributed by atoms with Gasteiger partial charge in [-0.3, -0.25) is 0 Å². The first-order chi connectivity index (χ1) is 10.4. The summed E-state index contributed by atoms with van der Waals surface area (Å²) in [6.07, 6.45) is 0. The number of aromatic carboxylic acids is 1. The highest BCUT2D eigenvalue weighted by molar-refractivity contribution is 5.86. The van der Waals surface area contributed by atoms with Crippen LogP contribution in [0.5, 0.6) is 5.75 Å². The molecule has 5 nitrogen and oxygen atoms in total. The third-order valence-corrected chi connectivity index (χ3v) is 3.65. The van der Waals surface area contributed by atoms with E-state index in [0.29, 0.717) is 5.69 Å². The molecule has 0 amide bonds. The lowest BCUT2D eigenvalue weighted by molar-refractivity contribution is 0.0652. The van der Waals surface area contributed by atoms with Crippen LogP contribution >= 0.6 is 0 Å². The van der Waals surface area contributed by atoms with Crippen molar-refractivity contribution < 1.29 is 19.2 Å². The number of methoxy groups -OCH3 is 1. The van der Waals surface area contributed by atoms with Gasteiger partial charge in [-0.25, -0.2) is 4.79 Å². The second-order valence-corrected chi connectivity index (χ2v) is 5.84. The van der Waals surface area contributed by atoms with Crippen molar-refractivity contribution in [1.82, 2.24) is 5.16 Å². The monoisotopic (exact) mass is 303 g/mol. The number of carboxylic acids is 1. The molecule has 0 radical (unpaired) electrons. The fourth-order valence-electron chi connectivity index (χ4n) is 2.53. The number of ether oxygens (including phenoxy) is 1. The lowest BCUT2D eigenvalue weighted by atomic mass is 9.89. The average Bonchev–Trinajstić information content (AvgIpc) is 2.94. The van der Waals surface area contributed by atoms with Gasteiger partial charge in [-0.15, -0.1) is 0 Å². The second-order valence-electron chi connectivity index (χ2n) is 5.84. The smallest absolute Gasteiger partial charge is 0.374 e. The number of carbonyl (C=O) groups is 1. The molecule has 0 fully saturated rings. The van der Waals surface area contributed by atoms with E-state index in [1.54, 1.807) is 7.11 Å². The summed E-state index contributed by atoms with van der Waals surface area (Å²) in [4.78, 5) is 11.0. The third kappa shape index (κ3) is 2.84. The molecule has 0 aliphatic heterocycles. The fraction of sp³-hybridized carbons (Fsp3) is 0.412. The minimum absolute atomic E-state index is 0.179. The molecule has 5 heteroatoms. The zero-order valence-electron chi connectivity index (χ0n) is 13.5. The van der Waals surface area contributed by atoms with E-state index in [2.05, 4.69) is 38.9 Å². The molecule has 1 heterocycles. The zero-order chi connectivity index (χ0) is 16.4. The maximum Gasteiger partial charge on any atom is 0.374 e. The maximum absolute atomic E-state index is 11.0. The largest absolute Gasteiger partial charge is 0.496 e. The van der Waals surface area contributed by atoms with E-state index in [1.807, 2.05) is 6.07 Å². The Bertz CT molecular complexity index is 686. The summed E-state index contributed by atoms with van der Waals surface area (Å²) >= 11 is 0. The summed E-state index contributed by atoms with van der Waals surface area (Å²) in [5, 5.41) is 13.0. The van der Waals surface area contributed by atoms with Gasteiger partial charge in [0.2, 0.25) is 5.76 Å². The molecule has 0 aliphatic carbocycles. The highest BCUT2D eigenvalue weighted by atomic mass is 16.5. The van der Waals surface area contributed by atoms with Crippen LogP contribution in [0.4, 0.5) is 0 Å². The summed E-state index contributed by atoms with van der Waals surface area (Å²) in [5.41, 5.74) is 3.40. The van der Waals surface area contributed by atoms with Gasteiger partial charge in [0.25, 0.3) is 0 Å². The van der Waals surface area contributed by atoms with Gasteiger partial charge in [-0.1, -0.05) is 45.0 Å². The minimum Gasteiger partial charge on any atom is -0.496 e. The van der Waals surface area contributed by atoms with Gasteiger partial charge in [-0.2, -0.15) is 0 Å². The quantitative estimate of drug-likeness (QED) is 0.891. The van der Waals surface area contributed by atoms with Crippen molar-refractivity contribution in [2.24, 2.45) is 0 Å². The summed E-state index contributed by atoms with van der Waals surface area (Å²) in [6.45, 7) is 8.32. The Morgan fingerprint density at radius 1 is 1.18 bits per heavy atom. The second kappa shape index (κ2) is 6.22. The van der Waals surface area contributed by atoms with Gasteiger partial charge in [-0.05, 0) is 23.0 Å². The Morgan fingerprint density at radius 3 is 2.23 bits per heavy atom. The van der Waals surface area contributed by atoms with Crippen LogP contribution in [0.3, 0.4) is 0 Å². The van der Waals surface area contributed by atoms with E-state index in [4.69, 9.17) is 14.4 Å². The van der Waals surface area contributed by atoms with Crippen LogP contribution in [-0.2, 0) is 0 Å². The summed E-state index contributed by atoms with van der Waals surface area (Å²) < 4.78 is 10.5. The van der Waals surface area contributed by atoms with E-state index in [-0.39, 0.29) is 17.6 Å². The minimum atomic E-state index is -1.14. The van der Waals surface area contributed by atoms with Gasteiger partial charge in [0.15, 0.2) is 0 Å². The van der Waals surface area contributed by atoms with Crippen LogP contribution < -0.4 is 4.74 Å². The van der Waals surface area contributed by atoms with Crippen LogP contribution in [0.1, 0.15) is 61.2 Å². The number of aromatic nitrogens is 1. The maximum atomic E-state index is 11.0. The number of hydrogen-bond donors (Lipinski definition) is 1. The molecule has 2 aromatic rings. The Balaban J connectivity index is 2.73. The number of carboxylic acid groups (broad SMARTS) is 1. The molecule has 0 spiro atoms. The Kier molecular flexibility index (Phi) is 4.54. The molecule has 22 heavy (non-hydrogen) atoms. The van der Waals surface area contributed by atoms with Gasteiger partial charge in [0.1, 0.15) is 11.4 Å². The molecule has 0 saturated carbocycles. The van der Waals surface area contributed by atoms with Crippen LogP contribution in [-0.4, -0.2) is 23.3 Å². The van der Waals surface area contributed by atoms with E-state index >= 15 is 0 Å². The van der Waals surface area contributed by atoms with Crippen LogP contribution in [0, 0.1) is 0 Å². The van der Waals surface area contributed by atoms with Gasteiger partial charge in [0.05, 0.1) is 7.11 Å². The predicted molar refractivity (Wildman–Crippen MR) is 83.6 cm³/mol. The van der Waals surface area contributed by atoms with Gasteiger partial charge in [0, 0.05) is 11.6 Å². The zero-order valence-corrected chi connectivity index (χ0v) is 13.5. The van der Waals surface area contributed by atoms with E-state index in [1.165, 1.54) is 6.07 Å². The molecular weight excluding hydrogens is 282 g/mol. The molecule has 1 aromatic heterocycles. The molecule has 0 unspecified atom stereocenters. The van der Waals surface area contributed by atoms with E-state index in [9.17, 15) is 4.79 Å². The third-order valence-electron chi connectivity index (χ3n) is 3.65. The van der Waals surface area contributed by atoms with Crippen molar-refractivity contribution in [2.75, 3.05) is 7.11 Å². The Hall–Kier alpha value is -2.30. The number of hydrogen-bond acceptors (Lipinski definition) is 4. The highest BCUT2D eigenvalue weighted by Crippen LogP contribution is 2.41. The normalized spacial score (nSPS) is 11.2. The van der Waals surface area contributed by atoms with E-state index in [0.717, 1.165) is 22.4 Å². The van der Waals surface area contributed by atoms with Crippen molar-refractivity contribution in [2.45, 2.75) is 39.5 Å². The first kappa shape index (κ1) is 16.1. The Morgan fingerprint density at radius 2 is 1.77 bits per heavy atom. The molecule has 0 atom stereocenters. The van der Waals surface area contributed by atoms with Crippen LogP contribution in [0.25, 0.3) is 11.3 Å². The Labute approximate surface area is 129 Å². The highest BCUT2D eigenvalue weighted by Gasteiger charge is 2.23. The summed E-state index contributed by atoms with van der Waals surface area (Å²) in [5.74, 6) is -0.0622. The van der Waals surface area contributed by atoms with Crippen LogP contribution in [0.2, 0.25) is 0 Å². The number of rotatable bonds is 5. The fourth-order valence-corrected chi connectivity index (χ4v) is 2.53. The molecule has 1 aromatic carbocycles. The van der Waals surface area contributed by atoms with Gasteiger partial charge >= 0.3 is 5.97 Å². The summed E-state index contributed by atoms with van der Waals surface area (Å²) in [6, 6.07) is 5.55. The lowest BCUT2D eigenvalue weighted by Crippen LogP contribution is -2.02. The number of benzene rings is 1. The average molecular weight is 303 g/mol. The van der Waals surface area contributed by atoms with Crippen molar-refractivity contribution >= 4 is 5.97 Å². The molecule has 2 rings (SSSR count). The predicted octanol–water partition coefficient (Wildman–Crippen LogP) is 4.30. The first-order valence-electron chi connectivity index (χ1n) is 7.28. The standard InChI is InChI=1S/C17H21NO4/c1-9(2)11-6-7-12(10(3)4)16(21-5)15(11)13-8-14(17(19)20)22-18-13/h6-10H,1-5H3,(H,19,20). The lowest BCUT2D eigenvalue weighted by Gasteiger charge is -2.20. The van der Waals surface area contributed by atoms with E-state index < -0.39 is 5.97 Å². The molecule has 0 bridgehead atoms. The molecule has 1 N–H and O–H groups in total. The SMILES string of the molecule is COc1c(C(C)C)ccc(C(C)C)c1-c1cc(C(=O)O)on1. The first-order valence-corrected chi connectivity index (χ1v) is 7.28. The number of nitrogens with zero attached hydrogens (tertiary/aromatic N) is 1. The van der Waals surface area contributed by atoms with Crippen LogP contribution in [0.15, 0.2) is 22.7 Å². The van der Waals surface area contributed by atoms with Crippen molar-refractivity contribution in [3.63, 3.8) is 0 Å². The van der Waals surface area contributed by atoms with Crippen molar-refractivity contribution in [1.29, 1.82) is 0 Å². The van der Waals surface area contributed by atoms with Crippen molar-refractivity contribution in [3.8, 4) is 17.0 Å². The molecule has 118 valence electrons. The molecular formula is C17H21NO4. The van der Waals surface area contributed by atoms with Gasteiger partial charge < -0.3 is 14.4 Å². The summed E-state index contributed by atoms with van der Waals surface area (Å²) in [7, 11) is 1.62. The molecule has 0 aliphatic rings.